The maximum atomic E-state index is 12.7. The lowest BCUT2D eigenvalue weighted by Gasteiger charge is -2.40. The predicted molar refractivity (Wildman–Crippen MR) is 116 cm³/mol. The van der Waals surface area contributed by atoms with Crippen molar-refractivity contribution >= 4 is 18.0 Å². The molecule has 8 nitrogen and oxygen atoms in total. The van der Waals surface area contributed by atoms with Crippen LogP contribution in [0.2, 0.25) is 0 Å². The first-order valence-corrected chi connectivity index (χ1v) is 10.6. The van der Waals surface area contributed by atoms with E-state index in [9.17, 15) is 9.59 Å². The van der Waals surface area contributed by atoms with E-state index in [1.807, 2.05) is 44.7 Å². The molecule has 164 valence electrons. The third kappa shape index (κ3) is 5.87. The SMILES string of the molecule is CCNC(=NCC(=O)N1CCc2ccccc2C1)NC1CN(C(=O)OC(C)(C)C)C1. The molecule has 1 aromatic rings. The number of benzene rings is 1. The van der Waals surface area contributed by atoms with Gasteiger partial charge in [-0.15, -0.1) is 0 Å². The van der Waals surface area contributed by atoms with Crippen molar-refractivity contribution in [3.63, 3.8) is 0 Å². The van der Waals surface area contributed by atoms with E-state index in [0.717, 1.165) is 13.0 Å². The zero-order valence-corrected chi connectivity index (χ0v) is 18.4. The number of guanidine groups is 1. The van der Waals surface area contributed by atoms with Crippen LogP contribution in [0.5, 0.6) is 0 Å². The van der Waals surface area contributed by atoms with Crippen molar-refractivity contribution in [3.8, 4) is 0 Å². The molecule has 2 aliphatic rings. The third-order valence-corrected chi connectivity index (χ3v) is 5.07. The minimum absolute atomic E-state index is 0.0192. The lowest BCUT2D eigenvalue weighted by Crippen LogP contribution is -2.63. The molecule has 0 radical (unpaired) electrons. The first kappa shape index (κ1) is 21.9. The van der Waals surface area contributed by atoms with Gasteiger partial charge in [0.05, 0.1) is 6.04 Å². The molecule has 1 fully saturated rings. The maximum absolute atomic E-state index is 12.7. The number of amides is 2. The summed E-state index contributed by atoms with van der Waals surface area (Å²) in [5.41, 5.74) is 2.03. The van der Waals surface area contributed by atoms with Crippen molar-refractivity contribution in [3.05, 3.63) is 35.4 Å². The second kappa shape index (κ2) is 9.36. The largest absolute Gasteiger partial charge is 0.444 e. The Morgan fingerprint density at radius 3 is 2.53 bits per heavy atom. The molecule has 0 saturated carbocycles. The summed E-state index contributed by atoms with van der Waals surface area (Å²) in [6.07, 6.45) is 0.579. The van der Waals surface area contributed by atoms with Crippen LogP contribution in [0, 0.1) is 0 Å². The van der Waals surface area contributed by atoms with Gasteiger partial charge < -0.3 is 25.2 Å². The minimum Gasteiger partial charge on any atom is -0.444 e. The summed E-state index contributed by atoms with van der Waals surface area (Å²) < 4.78 is 5.38. The van der Waals surface area contributed by atoms with Crippen LogP contribution in [-0.4, -0.2) is 72.1 Å². The Kier molecular flexibility index (Phi) is 6.84. The highest BCUT2D eigenvalue weighted by atomic mass is 16.6. The average molecular weight is 416 g/mol. The highest BCUT2D eigenvalue weighted by Gasteiger charge is 2.34. The molecule has 0 atom stereocenters. The van der Waals surface area contributed by atoms with Crippen molar-refractivity contribution in [1.29, 1.82) is 0 Å². The highest BCUT2D eigenvalue weighted by Crippen LogP contribution is 2.18. The lowest BCUT2D eigenvalue weighted by molar-refractivity contribution is -0.130. The summed E-state index contributed by atoms with van der Waals surface area (Å²) >= 11 is 0. The quantitative estimate of drug-likeness (QED) is 0.578. The van der Waals surface area contributed by atoms with Crippen LogP contribution in [0.3, 0.4) is 0 Å². The Morgan fingerprint density at radius 2 is 1.87 bits per heavy atom. The average Bonchev–Trinajstić information content (AvgIpc) is 2.66. The first-order chi connectivity index (χ1) is 14.2. The molecular weight excluding hydrogens is 382 g/mol. The summed E-state index contributed by atoms with van der Waals surface area (Å²) in [6.45, 7) is 10.8. The summed E-state index contributed by atoms with van der Waals surface area (Å²) in [5, 5.41) is 6.47. The van der Waals surface area contributed by atoms with Crippen LogP contribution in [-0.2, 0) is 22.5 Å². The second-order valence-electron chi connectivity index (χ2n) is 8.76. The first-order valence-electron chi connectivity index (χ1n) is 10.6. The standard InChI is InChI=1S/C22H33N5O3/c1-5-23-20(25-18-14-27(15-18)21(29)30-22(2,3)4)24-12-19(28)26-11-10-16-8-6-7-9-17(16)13-26/h6-9,18H,5,10-15H2,1-4H3,(H2,23,24,25). The molecule has 0 spiro atoms. The van der Waals surface area contributed by atoms with Gasteiger partial charge in [0.1, 0.15) is 12.1 Å². The molecule has 0 aliphatic carbocycles. The van der Waals surface area contributed by atoms with Gasteiger partial charge in [-0.1, -0.05) is 24.3 Å². The molecular formula is C22H33N5O3. The molecule has 1 aromatic carbocycles. The van der Waals surface area contributed by atoms with Crippen molar-refractivity contribution in [1.82, 2.24) is 20.4 Å². The van der Waals surface area contributed by atoms with Crippen molar-refractivity contribution < 1.29 is 14.3 Å². The van der Waals surface area contributed by atoms with Gasteiger partial charge in [-0.3, -0.25) is 4.79 Å². The number of aliphatic imine (C=N–C) groups is 1. The zero-order chi connectivity index (χ0) is 21.7. The van der Waals surface area contributed by atoms with Crippen molar-refractivity contribution in [2.75, 3.05) is 32.7 Å². The number of nitrogens with one attached hydrogen (secondary N) is 2. The van der Waals surface area contributed by atoms with Gasteiger partial charge in [-0.2, -0.15) is 0 Å². The highest BCUT2D eigenvalue weighted by molar-refractivity contribution is 5.85. The number of fused-ring (bicyclic) bond motifs is 1. The van der Waals surface area contributed by atoms with Gasteiger partial charge in [-0.25, -0.2) is 9.79 Å². The van der Waals surface area contributed by atoms with Crippen LogP contribution < -0.4 is 10.6 Å². The topological polar surface area (TPSA) is 86.3 Å². The van der Waals surface area contributed by atoms with Crippen LogP contribution in [0.15, 0.2) is 29.3 Å². The van der Waals surface area contributed by atoms with E-state index in [0.29, 0.717) is 32.1 Å². The fourth-order valence-electron chi connectivity index (χ4n) is 3.51. The van der Waals surface area contributed by atoms with E-state index >= 15 is 0 Å². The Morgan fingerprint density at radius 1 is 1.17 bits per heavy atom. The number of ether oxygens (including phenoxy) is 1. The van der Waals surface area contributed by atoms with E-state index in [-0.39, 0.29) is 24.6 Å². The molecule has 2 amide bonds. The number of likely N-dealkylation sites (tertiary alicyclic amines) is 1. The Balaban J connectivity index is 1.48. The van der Waals surface area contributed by atoms with Gasteiger partial charge in [0.2, 0.25) is 5.91 Å². The van der Waals surface area contributed by atoms with Crippen LogP contribution in [0.25, 0.3) is 0 Å². The smallest absolute Gasteiger partial charge is 0.410 e. The molecule has 0 unspecified atom stereocenters. The summed E-state index contributed by atoms with van der Waals surface area (Å²) in [5.74, 6) is 0.614. The van der Waals surface area contributed by atoms with E-state index in [2.05, 4.69) is 27.8 Å². The molecule has 2 aliphatic heterocycles. The molecule has 30 heavy (non-hydrogen) atoms. The van der Waals surface area contributed by atoms with E-state index < -0.39 is 5.60 Å². The van der Waals surface area contributed by atoms with Crippen LogP contribution in [0.1, 0.15) is 38.8 Å². The normalized spacial score (nSPS) is 17.1. The lowest BCUT2D eigenvalue weighted by atomic mass is 10.00. The maximum Gasteiger partial charge on any atom is 0.410 e. The van der Waals surface area contributed by atoms with Gasteiger partial charge in [0.25, 0.3) is 0 Å². The summed E-state index contributed by atoms with van der Waals surface area (Å²) in [7, 11) is 0. The Bertz CT molecular complexity index is 796. The molecule has 2 heterocycles. The predicted octanol–water partition coefficient (Wildman–Crippen LogP) is 1.75. The molecule has 0 aromatic heterocycles. The van der Waals surface area contributed by atoms with Crippen molar-refractivity contribution in [2.24, 2.45) is 4.99 Å². The van der Waals surface area contributed by atoms with Gasteiger partial charge in [0.15, 0.2) is 5.96 Å². The van der Waals surface area contributed by atoms with Crippen LogP contribution in [0.4, 0.5) is 4.79 Å². The Hall–Kier alpha value is -2.77. The summed E-state index contributed by atoms with van der Waals surface area (Å²) in [6, 6.07) is 8.35. The molecule has 0 bridgehead atoms. The monoisotopic (exact) mass is 415 g/mol. The fourth-order valence-corrected chi connectivity index (χ4v) is 3.51. The molecule has 8 heteroatoms. The van der Waals surface area contributed by atoms with E-state index in [1.165, 1.54) is 11.1 Å². The summed E-state index contributed by atoms with van der Waals surface area (Å²) in [4.78, 5) is 32.7. The van der Waals surface area contributed by atoms with Crippen LogP contribution >= 0.6 is 0 Å². The third-order valence-electron chi connectivity index (χ3n) is 5.07. The molecule has 1 saturated heterocycles. The number of carbonyl (C=O) groups is 2. The van der Waals surface area contributed by atoms with Gasteiger partial charge in [-0.05, 0) is 45.2 Å². The molecule has 2 N–H and O–H groups in total. The van der Waals surface area contributed by atoms with E-state index in [4.69, 9.17) is 4.74 Å². The van der Waals surface area contributed by atoms with Gasteiger partial charge in [0, 0.05) is 32.7 Å². The van der Waals surface area contributed by atoms with E-state index in [1.54, 1.807) is 4.90 Å². The fraction of sp³-hybridized carbons (Fsp3) is 0.591. The molecule has 3 rings (SSSR count). The number of rotatable bonds is 4. The second-order valence-corrected chi connectivity index (χ2v) is 8.76. The number of hydrogen-bond donors (Lipinski definition) is 2. The number of hydrogen-bond acceptors (Lipinski definition) is 4. The number of carbonyl (C=O) groups excluding carboxylic acids is 2. The van der Waals surface area contributed by atoms with Gasteiger partial charge >= 0.3 is 6.09 Å². The Labute approximate surface area is 178 Å². The van der Waals surface area contributed by atoms with Crippen molar-refractivity contribution in [2.45, 2.75) is 52.3 Å². The minimum atomic E-state index is -0.499. The zero-order valence-electron chi connectivity index (χ0n) is 18.4. The number of nitrogens with zero attached hydrogens (tertiary/aromatic N) is 3.